The molecule has 3 aromatic rings. The maximum Gasteiger partial charge on any atom is 0.145 e. The van der Waals surface area contributed by atoms with Gasteiger partial charge in [-0.2, -0.15) is 0 Å². The molecule has 3 rings (SSSR count). The molecule has 64 valence electrons. The van der Waals surface area contributed by atoms with Crippen molar-refractivity contribution in [3.63, 3.8) is 0 Å². The summed E-state index contributed by atoms with van der Waals surface area (Å²) < 4.78 is 3.10. The third kappa shape index (κ3) is 0.805. The van der Waals surface area contributed by atoms with Crippen LogP contribution in [0.5, 0.6) is 0 Å². The van der Waals surface area contributed by atoms with Crippen molar-refractivity contribution in [1.82, 2.24) is 9.38 Å². The van der Waals surface area contributed by atoms with Gasteiger partial charge in [-0.1, -0.05) is 0 Å². The topological polar surface area (TPSA) is 43.3 Å². The summed E-state index contributed by atoms with van der Waals surface area (Å²) in [5.74, 6) is 0.621. The number of aromatic nitrogens is 2. The van der Waals surface area contributed by atoms with E-state index in [1.54, 1.807) is 11.3 Å². The number of rotatable bonds is 0. The van der Waals surface area contributed by atoms with E-state index >= 15 is 0 Å². The van der Waals surface area contributed by atoms with Crippen LogP contribution in [0.3, 0.4) is 0 Å². The molecule has 13 heavy (non-hydrogen) atoms. The Morgan fingerprint density at radius 3 is 3.23 bits per heavy atom. The second-order valence-electron chi connectivity index (χ2n) is 2.87. The van der Waals surface area contributed by atoms with Gasteiger partial charge in [0.1, 0.15) is 11.5 Å². The lowest BCUT2D eigenvalue weighted by Gasteiger charge is -1.99. The van der Waals surface area contributed by atoms with Gasteiger partial charge in [-0.25, -0.2) is 4.98 Å². The smallest absolute Gasteiger partial charge is 0.145 e. The Balaban J connectivity index is 2.70. The molecule has 0 aliphatic rings. The number of anilines is 1. The molecule has 0 fully saturated rings. The molecule has 0 aliphatic carbocycles. The van der Waals surface area contributed by atoms with Crippen LogP contribution in [0.2, 0.25) is 0 Å². The Morgan fingerprint density at radius 2 is 2.31 bits per heavy atom. The van der Waals surface area contributed by atoms with Crippen LogP contribution in [0.4, 0.5) is 5.82 Å². The lowest BCUT2D eigenvalue weighted by Crippen LogP contribution is -1.94. The van der Waals surface area contributed by atoms with Gasteiger partial charge in [0, 0.05) is 6.20 Å². The minimum atomic E-state index is 0.621. The second kappa shape index (κ2) is 2.23. The standard InChI is InChI=1S/C9H7N3S/c10-9-8-6(3-5-13-8)12-4-1-2-7(12)11-9/h1-5H,(H2,10,11). The molecule has 0 atom stereocenters. The van der Waals surface area contributed by atoms with Crippen LogP contribution >= 0.6 is 11.3 Å². The maximum absolute atomic E-state index is 5.81. The van der Waals surface area contributed by atoms with Crippen LogP contribution in [0, 0.1) is 0 Å². The largest absolute Gasteiger partial charge is 0.382 e. The van der Waals surface area contributed by atoms with E-state index in [2.05, 4.69) is 11.1 Å². The fourth-order valence-electron chi connectivity index (χ4n) is 1.52. The number of nitrogens with two attached hydrogens (primary N) is 1. The molecule has 0 spiro atoms. The molecule has 3 heterocycles. The van der Waals surface area contributed by atoms with Gasteiger partial charge in [0.2, 0.25) is 0 Å². The molecule has 0 saturated heterocycles. The van der Waals surface area contributed by atoms with Gasteiger partial charge in [0.25, 0.3) is 0 Å². The van der Waals surface area contributed by atoms with E-state index in [4.69, 9.17) is 5.73 Å². The second-order valence-corrected chi connectivity index (χ2v) is 3.78. The van der Waals surface area contributed by atoms with Crippen LogP contribution in [0.1, 0.15) is 0 Å². The molecule has 0 bridgehead atoms. The van der Waals surface area contributed by atoms with Crippen molar-refractivity contribution in [2.75, 3.05) is 5.73 Å². The first-order chi connectivity index (χ1) is 6.36. The highest BCUT2D eigenvalue weighted by Gasteiger charge is 2.05. The lowest BCUT2D eigenvalue weighted by atomic mass is 10.4. The number of hydrogen-bond acceptors (Lipinski definition) is 3. The Hall–Kier alpha value is -1.55. The van der Waals surface area contributed by atoms with Crippen molar-refractivity contribution >= 4 is 33.0 Å². The fourth-order valence-corrected chi connectivity index (χ4v) is 2.31. The van der Waals surface area contributed by atoms with E-state index in [9.17, 15) is 0 Å². The molecule has 3 nitrogen and oxygen atoms in total. The molecule has 0 unspecified atom stereocenters. The van der Waals surface area contributed by atoms with Crippen molar-refractivity contribution < 1.29 is 0 Å². The highest BCUT2D eigenvalue weighted by atomic mass is 32.1. The molecular formula is C9H7N3S. The monoisotopic (exact) mass is 189 g/mol. The van der Waals surface area contributed by atoms with Crippen LogP contribution in [-0.4, -0.2) is 9.38 Å². The summed E-state index contributed by atoms with van der Waals surface area (Å²) >= 11 is 1.62. The van der Waals surface area contributed by atoms with Gasteiger partial charge in [-0.05, 0) is 23.6 Å². The summed E-state index contributed by atoms with van der Waals surface area (Å²) in [5, 5.41) is 2.03. The average Bonchev–Trinajstić information content (AvgIpc) is 2.66. The van der Waals surface area contributed by atoms with Crippen molar-refractivity contribution in [2.24, 2.45) is 0 Å². The highest BCUT2D eigenvalue weighted by Crippen LogP contribution is 2.26. The quantitative estimate of drug-likeness (QED) is 0.588. The maximum atomic E-state index is 5.81. The Labute approximate surface area is 78.4 Å². The van der Waals surface area contributed by atoms with Gasteiger partial charge in [-0.3, -0.25) is 0 Å². The van der Waals surface area contributed by atoms with Gasteiger partial charge in [-0.15, -0.1) is 11.3 Å². The molecule has 0 aliphatic heterocycles. The van der Waals surface area contributed by atoms with Gasteiger partial charge in [0.05, 0.1) is 10.2 Å². The number of nitrogen functional groups attached to an aromatic ring is 1. The third-order valence-electron chi connectivity index (χ3n) is 2.10. The fraction of sp³-hybridized carbons (Fsp3) is 0. The van der Waals surface area contributed by atoms with E-state index in [1.807, 2.05) is 28.1 Å². The van der Waals surface area contributed by atoms with Gasteiger partial charge < -0.3 is 10.1 Å². The molecule has 0 amide bonds. The highest BCUT2D eigenvalue weighted by molar-refractivity contribution is 7.17. The minimum Gasteiger partial charge on any atom is -0.382 e. The molecule has 0 radical (unpaired) electrons. The van der Waals surface area contributed by atoms with E-state index in [-0.39, 0.29) is 0 Å². The van der Waals surface area contributed by atoms with Crippen LogP contribution in [0.25, 0.3) is 15.9 Å². The summed E-state index contributed by atoms with van der Waals surface area (Å²) in [7, 11) is 0. The Morgan fingerprint density at radius 1 is 1.38 bits per heavy atom. The number of thiophene rings is 1. The molecule has 0 saturated carbocycles. The zero-order valence-corrected chi connectivity index (χ0v) is 7.58. The Bertz CT molecular complexity index is 579. The summed E-state index contributed by atoms with van der Waals surface area (Å²) in [4.78, 5) is 4.29. The Kier molecular flexibility index (Phi) is 1.19. The van der Waals surface area contributed by atoms with Crippen molar-refractivity contribution in [2.45, 2.75) is 0 Å². The van der Waals surface area contributed by atoms with E-state index in [0.29, 0.717) is 5.82 Å². The first-order valence-corrected chi connectivity index (χ1v) is 4.84. The van der Waals surface area contributed by atoms with Gasteiger partial charge >= 0.3 is 0 Å². The minimum absolute atomic E-state index is 0.621. The molecule has 3 aromatic heterocycles. The lowest BCUT2D eigenvalue weighted by molar-refractivity contribution is 1.21. The predicted molar refractivity (Wildman–Crippen MR) is 55.0 cm³/mol. The van der Waals surface area contributed by atoms with Crippen LogP contribution < -0.4 is 5.73 Å². The van der Waals surface area contributed by atoms with E-state index in [0.717, 1.165) is 15.9 Å². The third-order valence-corrected chi connectivity index (χ3v) is 3.03. The predicted octanol–water partition coefficient (Wildman–Crippen LogP) is 2.13. The summed E-state index contributed by atoms with van der Waals surface area (Å²) in [5.41, 5.74) is 7.85. The SMILES string of the molecule is Nc1nc2cccn2c2ccsc12. The molecule has 4 heteroatoms. The average molecular weight is 189 g/mol. The zero-order chi connectivity index (χ0) is 8.84. The van der Waals surface area contributed by atoms with Gasteiger partial charge in [0.15, 0.2) is 0 Å². The van der Waals surface area contributed by atoms with E-state index in [1.165, 1.54) is 0 Å². The van der Waals surface area contributed by atoms with Crippen molar-refractivity contribution in [3.8, 4) is 0 Å². The zero-order valence-electron chi connectivity index (χ0n) is 6.77. The summed E-state index contributed by atoms with van der Waals surface area (Å²) in [6, 6.07) is 5.98. The van der Waals surface area contributed by atoms with Crippen LogP contribution in [-0.2, 0) is 0 Å². The van der Waals surface area contributed by atoms with Crippen molar-refractivity contribution in [3.05, 3.63) is 29.8 Å². The first-order valence-electron chi connectivity index (χ1n) is 3.96. The number of nitrogens with zero attached hydrogens (tertiary/aromatic N) is 2. The summed E-state index contributed by atoms with van der Waals surface area (Å²) in [6.07, 6.45) is 2.00. The van der Waals surface area contributed by atoms with Crippen molar-refractivity contribution in [1.29, 1.82) is 0 Å². The first kappa shape index (κ1) is 6.91. The molecule has 2 N–H and O–H groups in total. The molecular weight excluding hydrogens is 182 g/mol. The summed E-state index contributed by atoms with van der Waals surface area (Å²) in [6.45, 7) is 0. The number of hydrogen-bond donors (Lipinski definition) is 1. The molecule has 0 aromatic carbocycles. The van der Waals surface area contributed by atoms with Crippen LogP contribution in [0.15, 0.2) is 29.8 Å². The number of fused-ring (bicyclic) bond motifs is 3. The van der Waals surface area contributed by atoms with E-state index < -0.39 is 0 Å². The normalized spacial score (nSPS) is 11.4.